The molecule has 3 aliphatic rings. The fourth-order valence-corrected chi connectivity index (χ4v) is 5.20. The zero-order chi connectivity index (χ0) is 25.1. The lowest BCUT2D eigenvalue weighted by atomic mass is 10.0. The number of hydrogen-bond acceptors (Lipinski definition) is 4. The average molecular weight is 496 g/mol. The Kier molecular flexibility index (Phi) is 5.21. The molecular weight excluding hydrogens is 471 g/mol. The third-order valence-electron chi connectivity index (χ3n) is 7.30. The van der Waals surface area contributed by atoms with E-state index in [4.69, 9.17) is 9.41 Å². The van der Waals surface area contributed by atoms with Gasteiger partial charge in [-0.25, -0.2) is 0 Å². The summed E-state index contributed by atoms with van der Waals surface area (Å²) in [4.78, 5) is 33.0. The molecule has 0 radical (unpaired) electrons. The first-order valence-electron chi connectivity index (χ1n) is 12.1. The highest BCUT2D eigenvalue weighted by atomic mass is 19.4. The molecule has 6 nitrogen and oxygen atoms in total. The number of alkyl halides is 3. The maximum Gasteiger partial charge on any atom is 0.397 e. The van der Waals surface area contributed by atoms with E-state index in [0.717, 1.165) is 27.7 Å². The molecule has 36 heavy (non-hydrogen) atoms. The number of nitrogens with zero attached hydrogens (tertiary/aromatic N) is 3. The van der Waals surface area contributed by atoms with E-state index >= 15 is 0 Å². The molecule has 1 aromatic heterocycles. The van der Waals surface area contributed by atoms with Gasteiger partial charge in [-0.3, -0.25) is 19.5 Å². The Hall–Kier alpha value is -3.62. The minimum absolute atomic E-state index is 0.0490. The average Bonchev–Trinajstić information content (AvgIpc) is 3.17. The standard InChI is InChI=1S/C27H24F3N3O3/c28-27(29,30)14-23(34)32-11-7-17(15-32)16-33-24(31-26(9-10-26)25(33)35)19-3-1-18(2-4-19)20-5-6-22-21(13-20)8-12-36-22/h1-6,8,12-13,17H,7,9-11,14-16H2/t17-/m1/s1. The molecule has 1 saturated carbocycles. The van der Waals surface area contributed by atoms with Crippen molar-refractivity contribution in [2.75, 3.05) is 19.6 Å². The molecule has 2 fully saturated rings. The third kappa shape index (κ3) is 4.16. The van der Waals surface area contributed by atoms with E-state index in [9.17, 15) is 22.8 Å². The van der Waals surface area contributed by atoms with Crippen LogP contribution < -0.4 is 0 Å². The van der Waals surface area contributed by atoms with Gasteiger partial charge in [0.05, 0.1) is 6.26 Å². The fourth-order valence-electron chi connectivity index (χ4n) is 5.20. The summed E-state index contributed by atoms with van der Waals surface area (Å²) in [7, 11) is 0. The SMILES string of the molecule is O=C(CC(F)(F)F)N1CC[C@@H](CN2C(=O)C3(CC3)N=C2c2ccc(-c3ccc4occc4c3)cc2)C1. The number of amidine groups is 1. The second-order valence-electron chi connectivity index (χ2n) is 9.92. The van der Waals surface area contributed by atoms with Gasteiger partial charge in [-0.05, 0) is 54.5 Å². The fraction of sp³-hybridized carbons (Fsp3) is 0.370. The molecule has 9 heteroatoms. The van der Waals surface area contributed by atoms with E-state index in [1.165, 1.54) is 4.90 Å². The lowest BCUT2D eigenvalue weighted by Gasteiger charge is -2.24. The van der Waals surface area contributed by atoms with E-state index < -0.39 is 24.0 Å². The van der Waals surface area contributed by atoms with E-state index in [-0.39, 0.29) is 24.9 Å². The molecule has 0 unspecified atom stereocenters. The third-order valence-corrected chi connectivity index (χ3v) is 7.30. The summed E-state index contributed by atoms with van der Waals surface area (Å²) < 4.78 is 43.3. The molecule has 0 N–H and O–H groups in total. The number of carbonyl (C=O) groups is 2. The molecule has 186 valence electrons. The minimum atomic E-state index is -4.52. The number of carbonyl (C=O) groups excluding carboxylic acids is 2. The first-order chi connectivity index (χ1) is 17.2. The van der Waals surface area contributed by atoms with Crippen LogP contribution in [0.15, 0.2) is 64.2 Å². The van der Waals surface area contributed by atoms with Crippen LogP contribution in [-0.4, -0.2) is 58.8 Å². The van der Waals surface area contributed by atoms with Gasteiger partial charge >= 0.3 is 6.18 Å². The van der Waals surface area contributed by atoms with E-state index in [1.807, 2.05) is 42.5 Å². The van der Waals surface area contributed by atoms with Crippen LogP contribution in [0.4, 0.5) is 13.2 Å². The predicted molar refractivity (Wildman–Crippen MR) is 127 cm³/mol. The van der Waals surface area contributed by atoms with Gasteiger partial charge in [-0.15, -0.1) is 0 Å². The number of likely N-dealkylation sites (tertiary alicyclic amines) is 1. The molecule has 2 aliphatic heterocycles. The first kappa shape index (κ1) is 22.8. The summed E-state index contributed by atoms with van der Waals surface area (Å²) in [5.74, 6) is -0.442. The van der Waals surface area contributed by atoms with Crippen LogP contribution in [0.1, 0.15) is 31.2 Å². The van der Waals surface area contributed by atoms with Crippen molar-refractivity contribution in [3.05, 3.63) is 60.4 Å². The van der Waals surface area contributed by atoms with Crippen molar-refractivity contribution in [3.63, 3.8) is 0 Å². The lowest BCUT2D eigenvalue weighted by Crippen LogP contribution is -2.41. The van der Waals surface area contributed by atoms with Crippen molar-refractivity contribution >= 4 is 28.6 Å². The molecule has 6 rings (SSSR count). The van der Waals surface area contributed by atoms with Gasteiger partial charge < -0.3 is 9.32 Å². The van der Waals surface area contributed by atoms with Crippen LogP contribution >= 0.6 is 0 Å². The number of rotatable bonds is 5. The van der Waals surface area contributed by atoms with Crippen molar-refractivity contribution in [2.24, 2.45) is 10.9 Å². The van der Waals surface area contributed by atoms with Crippen molar-refractivity contribution in [1.82, 2.24) is 9.80 Å². The summed E-state index contributed by atoms with van der Waals surface area (Å²) in [6.45, 7) is 0.831. The van der Waals surface area contributed by atoms with Crippen LogP contribution in [0.25, 0.3) is 22.1 Å². The maximum absolute atomic E-state index is 13.2. The van der Waals surface area contributed by atoms with Crippen LogP contribution in [0, 0.1) is 5.92 Å². The van der Waals surface area contributed by atoms with Gasteiger partial charge in [0.25, 0.3) is 5.91 Å². The quantitative estimate of drug-likeness (QED) is 0.499. The Bertz CT molecular complexity index is 1370. The highest BCUT2D eigenvalue weighted by molar-refractivity contribution is 6.16. The van der Waals surface area contributed by atoms with Crippen LogP contribution in [0.5, 0.6) is 0 Å². The topological polar surface area (TPSA) is 66.1 Å². The van der Waals surface area contributed by atoms with Crippen LogP contribution in [0.2, 0.25) is 0 Å². The van der Waals surface area contributed by atoms with Gasteiger partial charge in [0.15, 0.2) is 0 Å². The highest BCUT2D eigenvalue weighted by Gasteiger charge is 2.57. The largest absolute Gasteiger partial charge is 0.464 e. The van der Waals surface area contributed by atoms with Gasteiger partial charge in [0.2, 0.25) is 5.91 Å². The van der Waals surface area contributed by atoms with Crippen LogP contribution in [0.3, 0.4) is 0 Å². The number of fused-ring (bicyclic) bond motifs is 1. The van der Waals surface area contributed by atoms with E-state index in [2.05, 4.69) is 6.07 Å². The van der Waals surface area contributed by atoms with Crippen LogP contribution in [-0.2, 0) is 9.59 Å². The zero-order valence-corrected chi connectivity index (χ0v) is 19.4. The zero-order valence-electron chi connectivity index (χ0n) is 19.4. The number of hydrogen-bond donors (Lipinski definition) is 0. The number of aliphatic imine (C=N–C) groups is 1. The molecule has 3 heterocycles. The summed E-state index contributed by atoms with van der Waals surface area (Å²) >= 11 is 0. The molecular formula is C27H24F3N3O3. The summed E-state index contributed by atoms with van der Waals surface area (Å²) in [5, 5.41) is 1.02. The van der Waals surface area contributed by atoms with Crippen molar-refractivity contribution < 1.29 is 27.2 Å². The normalized spacial score (nSPS) is 21.0. The second-order valence-corrected chi connectivity index (χ2v) is 9.92. The molecule has 1 saturated heterocycles. The molecule has 0 bridgehead atoms. The predicted octanol–water partition coefficient (Wildman–Crippen LogP) is 5.02. The molecule has 1 atom stereocenters. The van der Waals surface area contributed by atoms with Gasteiger partial charge in [0, 0.05) is 30.6 Å². The highest BCUT2D eigenvalue weighted by Crippen LogP contribution is 2.46. The van der Waals surface area contributed by atoms with E-state index in [0.29, 0.717) is 31.6 Å². The monoisotopic (exact) mass is 495 g/mol. The number of halogens is 3. The molecule has 2 aromatic carbocycles. The lowest BCUT2D eigenvalue weighted by molar-refractivity contribution is -0.160. The maximum atomic E-state index is 13.2. The van der Waals surface area contributed by atoms with Gasteiger partial charge in [0.1, 0.15) is 23.4 Å². The Morgan fingerprint density at radius 1 is 1.06 bits per heavy atom. The summed E-state index contributed by atoms with van der Waals surface area (Å²) in [5.41, 5.74) is 3.03. The van der Waals surface area contributed by atoms with Crippen molar-refractivity contribution in [2.45, 2.75) is 37.4 Å². The Balaban J connectivity index is 1.19. The summed E-state index contributed by atoms with van der Waals surface area (Å²) in [6, 6.07) is 15.8. The Morgan fingerprint density at radius 2 is 1.78 bits per heavy atom. The smallest absolute Gasteiger partial charge is 0.397 e. The van der Waals surface area contributed by atoms with E-state index in [1.54, 1.807) is 11.2 Å². The molecule has 3 aromatic rings. The number of furan rings is 1. The Morgan fingerprint density at radius 3 is 2.50 bits per heavy atom. The van der Waals surface area contributed by atoms with Crippen molar-refractivity contribution in [3.8, 4) is 11.1 Å². The first-order valence-corrected chi connectivity index (χ1v) is 12.1. The van der Waals surface area contributed by atoms with Gasteiger partial charge in [-0.1, -0.05) is 30.3 Å². The molecule has 2 amide bonds. The van der Waals surface area contributed by atoms with Gasteiger partial charge in [-0.2, -0.15) is 13.2 Å². The molecule has 1 aliphatic carbocycles. The summed E-state index contributed by atoms with van der Waals surface area (Å²) in [6.07, 6.45) is -2.34. The second kappa shape index (κ2) is 8.21. The van der Waals surface area contributed by atoms with Crippen molar-refractivity contribution in [1.29, 1.82) is 0 Å². The number of benzene rings is 2. The molecule has 1 spiro atoms. The Labute approximate surface area is 205 Å². The minimum Gasteiger partial charge on any atom is -0.464 e. The number of amides is 2.